The molecule has 2 aromatic rings. The summed E-state index contributed by atoms with van der Waals surface area (Å²) in [5.41, 5.74) is 4.84. The first-order valence-corrected chi connectivity index (χ1v) is 6.76. The SMILES string of the molecule is Cc1ccc2c(c1NC=C(C#N)c1nn[nH]n1)NCCC2. The maximum Gasteiger partial charge on any atom is 0.216 e. The van der Waals surface area contributed by atoms with Crippen LogP contribution >= 0.6 is 0 Å². The highest BCUT2D eigenvalue weighted by Gasteiger charge is 2.14. The number of aromatic amines is 1. The second-order valence-corrected chi connectivity index (χ2v) is 4.87. The smallest absolute Gasteiger partial charge is 0.216 e. The van der Waals surface area contributed by atoms with Crippen molar-refractivity contribution in [3.8, 4) is 6.07 Å². The van der Waals surface area contributed by atoms with E-state index in [1.54, 1.807) is 6.20 Å². The second-order valence-electron chi connectivity index (χ2n) is 4.87. The monoisotopic (exact) mass is 281 g/mol. The topological polar surface area (TPSA) is 102 Å². The molecule has 1 aliphatic rings. The third kappa shape index (κ3) is 2.56. The third-order valence-corrected chi connectivity index (χ3v) is 3.49. The average molecular weight is 281 g/mol. The van der Waals surface area contributed by atoms with E-state index in [1.165, 1.54) is 5.56 Å². The maximum absolute atomic E-state index is 9.19. The predicted octanol–water partition coefficient (Wildman–Crippen LogP) is 1.84. The summed E-state index contributed by atoms with van der Waals surface area (Å²) in [4.78, 5) is 0. The number of rotatable bonds is 3. The molecule has 0 saturated heterocycles. The van der Waals surface area contributed by atoms with Crippen LogP contribution in [-0.4, -0.2) is 27.2 Å². The Morgan fingerprint density at radius 1 is 1.48 bits per heavy atom. The molecule has 21 heavy (non-hydrogen) atoms. The van der Waals surface area contributed by atoms with Crippen molar-refractivity contribution in [2.75, 3.05) is 17.2 Å². The number of hydrogen-bond acceptors (Lipinski definition) is 6. The summed E-state index contributed by atoms with van der Waals surface area (Å²) in [6.07, 6.45) is 3.82. The van der Waals surface area contributed by atoms with Gasteiger partial charge in [0, 0.05) is 12.7 Å². The highest BCUT2D eigenvalue weighted by molar-refractivity contribution is 5.81. The first-order valence-electron chi connectivity index (χ1n) is 6.76. The zero-order valence-electron chi connectivity index (χ0n) is 11.6. The number of fused-ring (bicyclic) bond motifs is 1. The number of anilines is 2. The largest absolute Gasteiger partial charge is 0.383 e. The number of aryl methyl sites for hydroxylation is 2. The molecule has 0 spiro atoms. The van der Waals surface area contributed by atoms with Gasteiger partial charge in [0.25, 0.3) is 0 Å². The summed E-state index contributed by atoms with van der Waals surface area (Å²) in [5, 5.41) is 29.3. The zero-order chi connectivity index (χ0) is 14.7. The number of nitriles is 1. The number of hydrogen-bond donors (Lipinski definition) is 3. The van der Waals surface area contributed by atoms with Crippen LogP contribution in [0.3, 0.4) is 0 Å². The van der Waals surface area contributed by atoms with Gasteiger partial charge in [0.2, 0.25) is 5.82 Å². The Balaban J connectivity index is 1.93. The van der Waals surface area contributed by atoms with E-state index in [2.05, 4.69) is 49.5 Å². The number of H-pyrrole nitrogens is 1. The minimum absolute atomic E-state index is 0.278. The Morgan fingerprint density at radius 2 is 2.38 bits per heavy atom. The normalized spacial score (nSPS) is 14.0. The van der Waals surface area contributed by atoms with Crippen LogP contribution in [0, 0.1) is 18.3 Å². The Bertz CT molecular complexity index is 710. The summed E-state index contributed by atoms with van der Waals surface area (Å²) in [7, 11) is 0. The van der Waals surface area contributed by atoms with Crippen molar-refractivity contribution in [2.24, 2.45) is 0 Å². The predicted molar refractivity (Wildman–Crippen MR) is 79.4 cm³/mol. The molecule has 7 nitrogen and oxygen atoms in total. The lowest BCUT2D eigenvalue weighted by Crippen LogP contribution is -2.14. The van der Waals surface area contributed by atoms with Crippen molar-refractivity contribution in [3.05, 3.63) is 35.3 Å². The summed E-state index contributed by atoms with van der Waals surface area (Å²) < 4.78 is 0. The maximum atomic E-state index is 9.19. The number of allylic oxidation sites excluding steroid dienone is 1. The molecule has 106 valence electrons. The van der Waals surface area contributed by atoms with Gasteiger partial charge in [0.1, 0.15) is 11.6 Å². The quantitative estimate of drug-likeness (QED) is 0.742. The molecule has 3 N–H and O–H groups in total. The second kappa shape index (κ2) is 5.63. The van der Waals surface area contributed by atoms with Crippen LogP contribution in [0.1, 0.15) is 23.4 Å². The molecule has 0 aliphatic carbocycles. The van der Waals surface area contributed by atoms with Crippen LogP contribution < -0.4 is 10.6 Å². The van der Waals surface area contributed by atoms with E-state index in [1.807, 2.05) is 6.92 Å². The van der Waals surface area contributed by atoms with Crippen LogP contribution in [0.4, 0.5) is 11.4 Å². The number of tetrazole rings is 1. The first-order chi connectivity index (χ1) is 10.3. The van der Waals surface area contributed by atoms with E-state index in [4.69, 9.17) is 0 Å². The Labute approximate surface area is 122 Å². The van der Waals surface area contributed by atoms with Gasteiger partial charge in [0.15, 0.2) is 0 Å². The van der Waals surface area contributed by atoms with Gasteiger partial charge in [-0.05, 0) is 36.1 Å². The lowest BCUT2D eigenvalue weighted by atomic mass is 9.99. The van der Waals surface area contributed by atoms with Gasteiger partial charge in [-0.25, -0.2) is 0 Å². The average Bonchev–Trinajstić information content (AvgIpc) is 3.04. The zero-order valence-corrected chi connectivity index (χ0v) is 11.6. The fourth-order valence-corrected chi connectivity index (χ4v) is 2.41. The summed E-state index contributed by atoms with van der Waals surface area (Å²) in [5.74, 6) is 0.278. The van der Waals surface area contributed by atoms with Gasteiger partial charge in [-0.15, -0.1) is 10.2 Å². The highest BCUT2D eigenvalue weighted by atomic mass is 15.5. The fraction of sp³-hybridized carbons (Fsp3) is 0.286. The van der Waals surface area contributed by atoms with Crippen molar-refractivity contribution in [2.45, 2.75) is 19.8 Å². The lowest BCUT2D eigenvalue weighted by Gasteiger charge is -2.22. The number of benzene rings is 1. The van der Waals surface area contributed by atoms with Crippen molar-refractivity contribution in [3.63, 3.8) is 0 Å². The van der Waals surface area contributed by atoms with Crippen molar-refractivity contribution >= 4 is 16.9 Å². The lowest BCUT2D eigenvalue weighted by molar-refractivity contribution is 0.830. The molecule has 0 bridgehead atoms. The van der Waals surface area contributed by atoms with E-state index >= 15 is 0 Å². The van der Waals surface area contributed by atoms with Gasteiger partial charge in [-0.1, -0.05) is 12.1 Å². The summed E-state index contributed by atoms with van der Waals surface area (Å²) in [6.45, 7) is 3.00. The third-order valence-electron chi connectivity index (χ3n) is 3.49. The van der Waals surface area contributed by atoms with Gasteiger partial charge in [-0.2, -0.15) is 10.5 Å². The Hall–Kier alpha value is -2.88. The van der Waals surface area contributed by atoms with Crippen molar-refractivity contribution in [1.29, 1.82) is 5.26 Å². The van der Waals surface area contributed by atoms with Gasteiger partial charge in [0.05, 0.1) is 11.4 Å². The van der Waals surface area contributed by atoms with Crippen LogP contribution in [0.5, 0.6) is 0 Å². The highest BCUT2D eigenvalue weighted by Crippen LogP contribution is 2.33. The standard InChI is InChI=1S/C14H15N7/c1-9-4-5-10-3-2-6-16-13(10)12(9)17-8-11(7-15)14-18-20-21-19-14/h4-5,8,16-17H,2-3,6H2,1H3,(H,18,19,20,21). The number of aromatic nitrogens is 4. The molecule has 0 amide bonds. The van der Waals surface area contributed by atoms with E-state index in [9.17, 15) is 5.26 Å². The van der Waals surface area contributed by atoms with Crippen LogP contribution in [-0.2, 0) is 6.42 Å². The van der Waals surface area contributed by atoms with Crippen molar-refractivity contribution in [1.82, 2.24) is 20.6 Å². The van der Waals surface area contributed by atoms with Gasteiger partial charge >= 0.3 is 0 Å². The van der Waals surface area contributed by atoms with E-state index in [0.29, 0.717) is 5.57 Å². The molecule has 0 atom stereocenters. The molecule has 7 heteroatoms. The Morgan fingerprint density at radius 3 is 3.14 bits per heavy atom. The van der Waals surface area contributed by atoms with Crippen molar-refractivity contribution < 1.29 is 0 Å². The van der Waals surface area contributed by atoms with Gasteiger partial charge < -0.3 is 10.6 Å². The minimum atomic E-state index is 0.278. The number of nitrogens with zero attached hydrogens (tertiary/aromatic N) is 4. The molecule has 0 radical (unpaired) electrons. The molecule has 1 aromatic heterocycles. The van der Waals surface area contributed by atoms with Crippen LogP contribution in [0.25, 0.3) is 5.57 Å². The van der Waals surface area contributed by atoms with E-state index in [-0.39, 0.29) is 5.82 Å². The molecule has 0 unspecified atom stereocenters. The molecule has 0 fully saturated rings. The van der Waals surface area contributed by atoms with Gasteiger partial charge in [-0.3, -0.25) is 0 Å². The number of nitrogens with one attached hydrogen (secondary N) is 3. The summed E-state index contributed by atoms with van der Waals surface area (Å²) >= 11 is 0. The molecule has 3 rings (SSSR count). The molecule has 1 aliphatic heterocycles. The minimum Gasteiger partial charge on any atom is -0.383 e. The molecule has 2 heterocycles. The van der Waals surface area contributed by atoms with Crippen LogP contribution in [0.2, 0.25) is 0 Å². The molecule has 0 saturated carbocycles. The Kier molecular flexibility index (Phi) is 3.51. The summed E-state index contributed by atoms with van der Waals surface area (Å²) in [6, 6.07) is 6.30. The first kappa shape index (κ1) is 13.1. The molecule has 1 aromatic carbocycles. The van der Waals surface area contributed by atoms with E-state index in [0.717, 1.165) is 36.3 Å². The van der Waals surface area contributed by atoms with E-state index < -0.39 is 0 Å². The van der Waals surface area contributed by atoms with Crippen LogP contribution in [0.15, 0.2) is 18.3 Å². The molecular weight excluding hydrogens is 266 g/mol. The molecular formula is C14H15N7. The fourth-order valence-electron chi connectivity index (χ4n) is 2.41.